The van der Waals surface area contributed by atoms with Gasteiger partial charge in [-0.25, -0.2) is 15.0 Å². The molecule has 7 nitrogen and oxygen atoms in total. The van der Waals surface area contributed by atoms with Gasteiger partial charge < -0.3 is 15.2 Å². The summed E-state index contributed by atoms with van der Waals surface area (Å²) in [6.07, 6.45) is 0.313. The SMILES string of the molecule is O=C(NCC(F)(F)F)[C@@H]1CSCN1c1ccnc(-c2c[nH]c3ncc(Cl)cc23)n1.[HH]. The number of amides is 1. The number of nitrogens with one attached hydrogen (secondary N) is 2. The molecule has 0 aromatic carbocycles. The molecular weight excluding hydrogens is 429 g/mol. The minimum Gasteiger partial charge on any atom is -0.345 e. The highest BCUT2D eigenvalue weighted by Gasteiger charge is 2.35. The van der Waals surface area contributed by atoms with Crippen LogP contribution in [0.25, 0.3) is 22.4 Å². The maximum atomic E-state index is 12.4. The van der Waals surface area contributed by atoms with Gasteiger partial charge in [-0.2, -0.15) is 13.2 Å². The highest BCUT2D eigenvalue weighted by Crippen LogP contribution is 2.31. The van der Waals surface area contributed by atoms with Crippen LogP contribution < -0.4 is 10.2 Å². The van der Waals surface area contributed by atoms with E-state index in [4.69, 9.17) is 11.6 Å². The Hall–Kier alpha value is -2.53. The third-order valence-corrected chi connectivity index (χ3v) is 5.54. The van der Waals surface area contributed by atoms with E-state index in [1.165, 1.54) is 18.0 Å². The molecule has 3 aromatic heterocycles. The van der Waals surface area contributed by atoms with Crippen LogP contribution in [0, 0.1) is 0 Å². The number of nitrogens with zero attached hydrogens (tertiary/aromatic N) is 4. The number of anilines is 1. The molecule has 0 unspecified atom stereocenters. The maximum Gasteiger partial charge on any atom is 0.405 e. The van der Waals surface area contributed by atoms with Gasteiger partial charge in [0, 0.05) is 36.7 Å². The molecule has 0 bridgehead atoms. The summed E-state index contributed by atoms with van der Waals surface area (Å²) in [5, 5.41) is 3.15. The van der Waals surface area contributed by atoms with Crippen LogP contribution in [0.3, 0.4) is 0 Å². The molecule has 1 fully saturated rings. The second kappa shape index (κ2) is 7.71. The third-order valence-electron chi connectivity index (χ3n) is 4.32. The van der Waals surface area contributed by atoms with Gasteiger partial charge in [-0.3, -0.25) is 4.79 Å². The molecule has 1 aliphatic rings. The molecule has 1 atom stereocenters. The van der Waals surface area contributed by atoms with Crippen molar-refractivity contribution in [1.29, 1.82) is 0 Å². The number of carbonyl (C=O) groups is 1. The van der Waals surface area contributed by atoms with Gasteiger partial charge in [0.15, 0.2) is 5.82 Å². The number of hydrogen-bond acceptors (Lipinski definition) is 6. The van der Waals surface area contributed by atoms with E-state index in [1.54, 1.807) is 29.4 Å². The smallest absolute Gasteiger partial charge is 0.345 e. The normalized spacial score (nSPS) is 17.1. The van der Waals surface area contributed by atoms with Gasteiger partial charge in [-0.15, -0.1) is 11.8 Å². The van der Waals surface area contributed by atoms with Crippen molar-refractivity contribution in [2.75, 3.05) is 23.1 Å². The first kappa shape index (κ1) is 19.8. The largest absolute Gasteiger partial charge is 0.405 e. The fourth-order valence-electron chi connectivity index (χ4n) is 2.99. The van der Waals surface area contributed by atoms with E-state index >= 15 is 0 Å². The van der Waals surface area contributed by atoms with Crippen LogP contribution in [0.2, 0.25) is 5.02 Å². The monoisotopic (exact) mass is 444 g/mol. The van der Waals surface area contributed by atoms with Crippen LogP contribution in [0.4, 0.5) is 19.0 Å². The summed E-state index contributed by atoms with van der Waals surface area (Å²) in [6.45, 7) is -1.36. The first-order valence-corrected chi connectivity index (χ1v) is 10.00. The number of fused-ring (bicyclic) bond motifs is 1. The average Bonchev–Trinajstić information content (AvgIpc) is 3.32. The lowest BCUT2D eigenvalue weighted by atomic mass is 10.2. The fourth-order valence-corrected chi connectivity index (χ4v) is 4.32. The van der Waals surface area contributed by atoms with Crippen LogP contribution in [-0.2, 0) is 4.79 Å². The van der Waals surface area contributed by atoms with Crippen LogP contribution in [0.5, 0.6) is 0 Å². The number of aromatic nitrogens is 4. The Balaban J connectivity index is 0.00000256. The van der Waals surface area contributed by atoms with Crippen molar-refractivity contribution < 1.29 is 19.4 Å². The minimum atomic E-state index is -4.46. The molecule has 0 spiro atoms. The molecule has 154 valence electrons. The second-order valence-electron chi connectivity index (χ2n) is 6.31. The number of thioether (sulfide) groups is 1. The topological polar surface area (TPSA) is 86.8 Å². The number of hydrogen-bond donors (Lipinski definition) is 2. The Morgan fingerprint density at radius 2 is 2.28 bits per heavy atom. The summed E-state index contributed by atoms with van der Waals surface area (Å²) in [7, 11) is 0. The lowest BCUT2D eigenvalue weighted by Crippen LogP contribution is -2.47. The van der Waals surface area contributed by atoms with Crippen molar-refractivity contribution in [3.63, 3.8) is 0 Å². The quantitative estimate of drug-likeness (QED) is 0.640. The van der Waals surface area contributed by atoms with E-state index in [2.05, 4.69) is 19.9 Å². The number of rotatable bonds is 4. The van der Waals surface area contributed by atoms with E-state index in [0.29, 0.717) is 39.5 Å². The molecular formula is C17H16ClF3N6OS. The predicted octanol–water partition coefficient (Wildman–Crippen LogP) is 3.48. The number of aromatic amines is 1. The molecule has 0 aliphatic carbocycles. The minimum absolute atomic E-state index is 0. The standard InChI is InChI=1S/C17H14ClF3N6OS.H2/c18-9-3-10-11(5-24-14(10)23-4-9)15-22-2-1-13(26-15)27-8-29-6-12(27)16(28)25-7-17(19,20)21;/h1-5,12H,6-8H2,(H,23,24)(H,25,28);1H/t12-;/m0./s1. The predicted molar refractivity (Wildman–Crippen MR) is 107 cm³/mol. The maximum absolute atomic E-state index is 12.4. The molecule has 3 aromatic rings. The summed E-state index contributed by atoms with van der Waals surface area (Å²) in [6, 6.07) is 2.62. The van der Waals surface area contributed by atoms with E-state index in [0.717, 1.165) is 5.39 Å². The molecule has 29 heavy (non-hydrogen) atoms. The number of carbonyl (C=O) groups excluding carboxylic acids is 1. The number of alkyl halides is 3. The molecule has 4 rings (SSSR count). The highest BCUT2D eigenvalue weighted by atomic mass is 35.5. The van der Waals surface area contributed by atoms with E-state index < -0.39 is 24.7 Å². The van der Waals surface area contributed by atoms with Crippen molar-refractivity contribution in [3.05, 3.63) is 35.7 Å². The Bertz CT molecular complexity index is 1070. The van der Waals surface area contributed by atoms with Gasteiger partial charge in [0.1, 0.15) is 24.1 Å². The summed E-state index contributed by atoms with van der Waals surface area (Å²) >= 11 is 7.48. The van der Waals surface area contributed by atoms with Crippen molar-refractivity contribution in [2.24, 2.45) is 0 Å². The number of halogens is 4. The van der Waals surface area contributed by atoms with Crippen LogP contribution in [-0.4, -0.2) is 56.2 Å². The molecule has 1 saturated heterocycles. The lowest BCUT2D eigenvalue weighted by molar-refractivity contribution is -0.138. The zero-order chi connectivity index (χ0) is 20.6. The summed E-state index contributed by atoms with van der Waals surface area (Å²) in [5.41, 5.74) is 1.31. The highest BCUT2D eigenvalue weighted by molar-refractivity contribution is 7.99. The van der Waals surface area contributed by atoms with E-state index in [-0.39, 0.29) is 1.43 Å². The van der Waals surface area contributed by atoms with Gasteiger partial charge in [0.05, 0.1) is 10.9 Å². The molecule has 12 heteroatoms. The summed E-state index contributed by atoms with van der Waals surface area (Å²) in [5.74, 6) is 0.966. The van der Waals surface area contributed by atoms with Crippen molar-refractivity contribution in [2.45, 2.75) is 12.2 Å². The van der Waals surface area contributed by atoms with Crippen molar-refractivity contribution >= 4 is 46.1 Å². The molecule has 4 heterocycles. The van der Waals surface area contributed by atoms with Gasteiger partial charge in [0.2, 0.25) is 5.91 Å². The van der Waals surface area contributed by atoms with Crippen LogP contribution in [0.15, 0.2) is 30.7 Å². The van der Waals surface area contributed by atoms with Gasteiger partial charge in [-0.1, -0.05) is 11.6 Å². The van der Waals surface area contributed by atoms with Crippen LogP contribution in [0.1, 0.15) is 1.43 Å². The lowest BCUT2D eigenvalue weighted by Gasteiger charge is -2.24. The number of H-pyrrole nitrogens is 1. The fraction of sp³-hybridized carbons (Fsp3) is 0.294. The zero-order valence-electron chi connectivity index (χ0n) is 14.7. The van der Waals surface area contributed by atoms with Gasteiger partial charge in [-0.05, 0) is 12.1 Å². The molecule has 0 radical (unpaired) electrons. The number of pyridine rings is 1. The Kier molecular flexibility index (Phi) is 5.26. The first-order valence-electron chi connectivity index (χ1n) is 8.47. The van der Waals surface area contributed by atoms with Crippen LogP contribution >= 0.6 is 23.4 Å². The van der Waals surface area contributed by atoms with E-state index in [9.17, 15) is 18.0 Å². The Morgan fingerprint density at radius 3 is 3.07 bits per heavy atom. The Labute approximate surface area is 173 Å². The van der Waals surface area contributed by atoms with Gasteiger partial charge >= 0.3 is 6.18 Å². The Morgan fingerprint density at radius 1 is 1.45 bits per heavy atom. The first-order chi connectivity index (χ1) is 13.8. The second-order valence-corrected chi connectivity index (χ2v) is 7.75. The van der Waals surface area contributed by atoms with E-state index in [1.807, 2.05) is 5.32 Å². The zero-order valence-corrected chi connectivity index (χ0v) is 16.3. The molecule has 0 saturated carbocycles. The average molecular weight is 445 g/mol. The van der Waals surface area contributed by atoms with Crippen molar-refractivity contribution in [1.82, 2.24) is 25.3 Å². The van der Waals surface area contributed by atoms with Gasteiger partial charge in [0.25, 0.3) is 0 Å². The van der Waals surface area contributed by atoms with Crippen molar-refractivity contribution in [3.8, 4) is 11.4 Å². The summed E-state index contributed by atoms with van der Waals surface area (Å²) < 4.78 is 37.3. The molecule has 1 aliphatic heterocycles. The third kappa shape index (κ3) is 4.25. The summed E-state index contributed by atoms with van der Waals surface area (Å²) in [4.78, 5) is 30.0. The molecule has 1 amide bonds. The molecule has 2 N–H and O–H groups in total.